The summed E-state index contributed by atoms with van der Waals surface area (Å²) in [6, 6.07) is 6.52. The van der Waals surface area contributed by atoms with Crippen LogP contribution in [-0.2, 0) is 27.5 Å². The highest BCUT2D eigenvalue weighted by Gasteiger charge is 2.58. The topological polar surface area (TPSA) is 105 Å². The van der Waals surface area contributed by atoms with Crippen LogP contribution < -0.4 is 5.32 Å². The van der Waals surface area contributed by atoms with E-state index < -0.39 is 39.8 Å². The summed E-state index contributed by atoms with van der Waals surface area (Å²) in [6.07, 6.45) is -0.122. The van der Waals surface area contributed by atoms with Gasteiger partial charge in [0.05, 0.1) is 10.6 Å². The van der Waals surface area contributed by atoms with Crippen molar-refractivity contribution in [3.8, 4) is 11.3 Å². The van der Waals surface area contributed by atoms with E-state index in [9.17, 15) is 30.8 Å². The summed E-state index contributed by atoms with van der Waals surface area (Å²) in [5.74, 6) is -2.19. The van der Waals surface area contributed by atoms with Crippen LogP contribution in [0.15, 0.2) is 59.9 Å². The number of alkyl halides is 3. The number of rotatable bonds is 6. The van der Waals surface area contributed by atoms with Gasteiger partial charge >= 0.3 is 6.18 Å². The first-order chi connectivity index (χ1) is 17.0. The van der Waals surface area contributed by atoms with E-state index >= 15 is 0 Å². The summed E-state index contributed by atoms with van der Waals surface area (Å²) in [6.45, 7) is 0.0477. The van der Waals surface area contributed by atoms with E-state index in [2.05, 4.69) is 20.3 Å². The fourth-order valence-corrected chi connectivity index (χ4v) is 6.23. The molecule has 3 atom stereocenters. The van der Waals surface area contributed by atoms with Gasteiger partial charge < -0.3 is 5.32 Å². The summed E-state index contributed by atoms with van der Waals surface area (Å²) in [4.78, 5) is 23.7. The number of carbonyl (C=O) groups is 1. The Morgan fingerprint density at radius 3 is 2.42 bits per heavy atom. The van der Waals surface area contributed by atoms with Crippen molar-refractivity contribution in [1.29, 1.82) is 0 Å². The smallest absolute Gasteiger partial charge is 0.351 e. The Morgan fingerprint density at radius 2 is 1.75 bits per heavy atom. The van der Waals surface area contributed by atoms with Crippen LogP contribution in [0.2, 0.25) is 0 Å². The lowest BCUT2D eigenvalue weighted by Gasteiger charge is -2.26. The van der Waals surface area contributed by atoms with E-state index in [4.69, 9.17) is 0 Å². The van der Waals surface area contributed by atoms with Crippen molar-refractivity contribution >= 4 is 15.9 Å². The van der Waals surface area contributed by atoms with Crippen molar-refractivity contribution in [2.24, 2.45) is 5.92 Å². The van der Waals surface area contributed by atoms with E-state index in [-0.39, 0.29) is 29.0 Å². The van der Waals surface area contributed by atoms with E-state index in [1.807, 2.05) is 0 Å². The van der Waals surface area contributed by atoms with Crippen LogP contribution in [0.1, 0.15) is 24.2 Å². The fraction of sp³-hybridized carbons (Fsp3) is 0.304. The molecule has 1 aromatic carbocycles. The molecule has 1 aliphatic carbocycles. The molecule has 13 heteroatoms. The highest BCUT2D eigenvalue weighted by atomic mass is 32.2. The molecule has 2 fully saturated rings. The molecule has 8 nitrogen and oxygen atoms in total. The molecule has 1 saturated carbocycles. The second-order valence-electron chi connectivity index (χ2n) is 8.66. The van der Waals surface area contributed by atoms with E-state index in [0.29, 0.717) is 24.1 Å². The molecule has 1 amide bonds. The maximum atomic E-state index is 13.3. The van der Waals surface area contributed by atoms with Gasteiger partial charge in [0.1, 0.15) is 11.9 Å². The van der Waals surface area contributed by atoms with Crippen LogP contribution >= 0.6 is 0 Å². The number of nitrogens with one attached hydrogen (secondary N) is 1. The molecule has 188 valence electrons. The number of sulfonamides is 1. The molecule has 0 spiro atoms. The average Bonchev–Trinajstić information content (AvgIpc) is 3.50. The summed E-state index contributed by atoms with van der Waals surface area (Å²) in [5.41, 5.74) is 1.19. The number of benzene rings is 1. The van der Waals surface area contributed by atoms with E-state index in [0.717, 1.165) is 24.5 Å². The number of hydrogen-bond donors (Lipinski definition) is 1. The second kappa shape index (κ2) is 8.89. The normalized spacial score (nSPS) is 21.7. The Balaban J connectivity index is 1.28. The van der Waals surface area contributed by atoms with Gasteiger partial charge in [-0.1, -0.05) is 0 Å². The zero-order valence-electron chi connectivity index (χ0n) is 18.5. The maximum absolute atomic E-state index is 13.3. The van der Waals surface area contributed by atoms with Gasteiger partial charge in [-0.15, -0.1) is 0 Å². The standard InChI is InChI=1S/C23H19F4N5O3S/c24-16-1-3-17(4-2-16)36(34,35)32-19-8-14(19)9-20(32)21(33)29-10-13-5-6-28-18(7-13)15-11-30-22(31-12-15)23(25,26)27/h1-7,11-12,14,19-20H,8-10H2,(H,29,33)/t14-,19-,20-/m0/s1. The van der Waals surface area contributed by atoms with Gasteiger partial charge in [0, 0.05) is 36.7 Å². The summed E-state index contributed by atoms with van der Waals surface area (Å²) >= 11 is 0. The first-order valence-corrected chi connectivity index (χ1v) is 12.4. The van der Waals surface area contributed by atoms with Crippen LogP contribution in [0.3, 0.4) is 0 Å². The summed E-state index contributed by atoms with van der Waals surface area (Å²) in [7, 11) is -4.00. The second-order valence-corrected chi connectivity index (χ2v) is 10.5. The Labute approximate surface area is 203 Å². The van der Waals surface area contributed by atoms with Crippen molar-refractivity contribution in [3.05, 3.63) is 72.2 Å². The Bertz CT molecular complexity index is 1400. The quantitative estimate of drug-likeness (QED) is 0.500. The SMILES string of the molecule is O=C(NCc1ccnc(-c2cnc(C(F)(F)F)nc2)c1)[C@@H]1C[C@@H]2C[C@@H]2N1S(=O)(=O)c1ccc(F)cc1. The van der Waals surface area contributed by atoms with Crippen molar-refractivity contribution in [2.75, 3.05) is 0 Å². The fourth-order valence-electron chi connectivity index (χ4n) is 4.37. The van der Waals surface area contributed by atoms with Crippen molar-refractivity contribution < 1.29 is 30.8 Å². The molecule has 1 N–H and O–H groups in total. The zero-order valence-corrected chi connectivity index (χ0v) is 19.3. The van der Waals surface area contributed by atoms with Crippen LogP contribution in [0, 0.1) is 11.7 Å². The lowest BCUT2D eigenvalue weighted by atomic mass is 10.1. The number of pyridine rings is 1. The lowest BCUT2D eigenvalue weighted by Crippen LogP contribution is -2.47. The summed E-state index contributed by atoms with van der Waals surface area (Å²) < 4.78 is 79.0. The Hall–Kier alpha value is -3.45. The van der Waals surface area contributed by atoms with Gasteiger partial charge in [0.15, 0.2) is 0 Å². The van der Waals surface area contributed by atoms with Gasteiger partial charge in [-0.3, -0.25) is 9.78 Å². The molecular formula is C23H19F4N5O3S. The van der Waals surface area contributed by atoms with Gasteiger partial charge in [0.25, 0.3) is 0 Å². The Kier molecular flexibility index (Phi) is 5.99. The molecule has 2 aliphatic rings. The Morgan fingerprint density at radius 1 is 1.06 bits per heavy atom. The van der Waals surface area contributed by atoms with Gasteiger partial charge in [-0.2, -0.15) is 17.5 Å². The minimum atomic E-state index is -4.66. The zero-order chi connectivity index (χ0) is 25.7. The molecule has 1 aliphatic heterocycles. The van der Waals surface area contributed by atoms with Crippen molar-refractivity contribution in [1.82, 2.24) is 24.6 Å². The minimum Gasteiger partial charge on any atom is -0.351 e. The van der Waals surface area contributed by atoms with Crippen LogP contribution in [-0.4, -0.2) is 45.7 Å². The number of aromatic nitrogens is 3. The van der Waals surface area contributed by atoms with Crippen LogP contribution in [0.5, 0.6) is 0 Å². The maximum Gasteiger partial charge on any atom is 0.451 e. The molecule has 0 radical (unpaired) electrons. The molecule has 36 heavy (non-hydrogen) atoms. The minimum absolute atomic E-state index is 0.0477. The highest BCUT2D eigenvalue weighted by molar-refractivity contribution is 7.89. The third-order valence-electron chi connectivity index (χ3n) is 6.23. The molecule has 0 bridgehead atoms. The molecule has 0 unspecified atom stereocenters. The number of fused-ring (bicyclic) bond motifs is 1. The number of hydrogen-bond acceptors (Lipinski definition) is 6. The molecular weight excluding hydrogens is 502 g/mol. The predicted molar refractivity (Wildman–Crippen MR) is 118 cm³/mol. The first kappa shape index (κ1) is 24.3. The lowest BCUT2D eigenvalue weighted by molar-refractivity contribution is -0.145. The number of amides is 1. The van der Waals surface area contributed by atoms with Gasteiger partial charge in [-0.05, 0) is 60.7 Å². The van der Waals surface area contributed by atoms with E-state index in [1.165, 1.54) is 22.6 Å². The predicted octanol–water partition coefficient (Wildman–Crippen LogP) is 3.16. The first-order valence-electron chi connectivity index (χ1n) is 11.0. The molecule has 3 aromatic rings. The number of nitrogens with zero attached hydrogens (tertiary/aromatic N) is 4. The molecule has 3 heterocycles. The van der Waals surface area contributed by atoms with Crippen LogP contribution in [0.4, 0.5) is 17.6 Å². The number of carbonyl (C=O) groups excluding carboxylic acids is 1. The van der Waals surface area contributed by atoms with Gasteiger partial charge in [-0.25, -0.2) is 22.8 Å². The van der Waals surface area contributed by atoms with Gasteiger partial charge in [0.2, 0.25) is 21.8 Å². The number of halogens is 4. The molecule has 5 rings (SSSR count). The van der Waals surface area contributed by atoms with Crippen molar-refractivity contribution in [3.63, 3.8) is 0 Å². The highest BCUT2D eigenvalue weighted by Crippen LogP contribution is 2.50. The van der Waals surface area contributed by atoms with Crippen molar-refractivity contribution in [2.45, 2.75) is 42.5 Å². The third-order valence-corrected chi connectivity index (χ3v) is 8.18. The average molecular weight is 521 g/mol. The van der Waals surface area contributed by atoms with E-state index in [1.54, 1.807) is 12.1 Å². The summed E-state index contributed by atoms with van der Waals surface area (Å²) in [5, 5.41) is 2.74. The van der Waals surface area contributed by atoms with Crippen LogP contribution in [0.25, 0.3) is 11.3 Å². The molecule has 1 saturated heterocycles. The number of piperidine rings is 1. The monoisotopic (exact) mass is 521 g/mol. The largest absolute Gasteiger partial charge is 0.451 e. The third kappa shape index (κ3) is 4.67. The molecule has 2 aromatic heterocycles.